The number of alkyl halides is 2. The minimum atomic E-state index is -2.99. The average Bonchev–Trinajstić information content (AvgIpc) is 2.48. The molecule has 0 amide bonds. The first-order chi connectivity index (χ1) is 10.6. The molecule has 124 valence electrons. The first kappa shape index (κ1) is 18.1. The van der Waals surface area contributed by atoms with Crippen LogP contribution in [0.25, 0.3) is 0 Å². The zero-order valence-corrected chi connectivity index (χ0v) is 12.8. The number of ether oxygens (including phenoxy) is 1. The predicted molar refractivity (Wildman–Crippen MR) is 80.8 cm³/mol. The van der Waals surface area contributed by atoms with Gasteiger partial charge in [-0.05, 0) is 18.6 Å². The molecule has 4 nitrogen and oxygen atoms in total. The molecule has 0 spiro atoms. The van der Waals surface area contributed by atoms with Crippen LogP contribution in [0.4, 0.5) is 13.2 Å². The van der Waals surface area contributed by atoms with Crippen LogP contribution in [0.5, 0.6) is 5.75 Å². The summed E-state index contributed by atoms with van der Waals surface area (Å²) in [6.07, 6.45) is 3.21. The summed E-state index contributed by atoms with van der Waals surface area (Å²) in [7, 11) is 1.59. The van der Waals surface area contributed by atoms with Gasteiger partial charge in [-0.2, -0.15) is 8.78 Å². The van der Waals surface area contributed by atoms with Crippen molar-refractivity contribution in [3.63, 3.8) is 0 Å². The van der Waals surface area contributed by atoms with E-state index in [1.54, 1.807) is 7.05 Å². The molecule has 0 fully saturated rings. The van der Waals surface area contributed by atoms with Crippen molar-refractivity contribution < 1.29 is 17.9 Å². The second-order valence-electron chi connectivity index (χ2n) is 4.65. The lowest BCUT2D eigenvalue weighted by molar-refractivity contribution is -0.0506. The summed E-state index contributed by atoms with van der Waals surface area (Å²) in [5.74, 6) is -0.293. The fraction of sp³-hybridized carbons (Fsp3) is 0.533. The van der Waals surface area contributed by atoms with E-state index in [-0.39, 0.29) is 17.9 Å². The summed E-state index contributed by atoms with van der Waals surface area (Å²) in [6.45, 7) is -0.143. The van der Waals surface area contributed by atoms with E-state index < -0.39 is 12.4 Å². The molecular weight excluding hydrogens is 295 g/mol. The zero-order chi connectivity index (χ0) is 16.4. The fourth-order valence-electron chi connectivity index (χ4n) is 1.89. The molecule has 0 aliphatic carbocycles. The molecule has 0 aliphatic heterocycles. The van der Waals surface area contributed by atoms with E-state index in [0.29, 0.717) is 5.96 Å². The number of nitrogens with zero attached hydrogens (tertiary/aromatic N) is 1. The molecule has 1 aromatic carbocycles. The third-order valence-corrected chi connectivity index (χ3v) is 3.02. The number of rotatable bonds is 8. The lowest BCUT2D eigenvalue weighted by atomic mass is 10.2. The van der Waals surface area contributed by atoms with Crippen LogP contribution in [0.3, 0.4) is 0 Å². The topological polar surface area (TPSA) is 45.7 Å². The lowest BCUT2D eigenvalue weighted by Gasteiger charge is -2.15. The Morgan fingerprint density at radius 2 is 2.05 bits per heavy atom. The van der Waals surface area contributed by atoms with Gasteiger partial charge in [0.05, 0.1) is 0 Å². The summed E-state index contributed by atoms with van der Waals surface area (Å²) in [6, 6.07) is 3.84. The highest BCUT2D eigenvalue weighted by Crippen LogP contribution is 2.23. The summed E-state index contributed by atoms with van der Waals surface area (Å²) < 4.78 is 42.8. The fourth-order valence-corrected chi connectivity index (χ4v) is 1.89. The first-order valence-electron chi connectivity index (χ1n) is 7.25. The average molecular weight is 317 g/mol. The number of unbranched alkanes of at least 4 members (excludes halogenated alkanes) is 2. The highest BCUT2D eigenvalue weighted by Gasteiger charge is 2.13. The maximum absolute atomic E-state index is 13.8. The van der Waals surface area contributed by atoms with E-state index in [2.05, 4.69) is 27.3 Å². The van der Waals surface area contributed by atoms with Crippen molar-refractivity contribution in [3.05, 3.63) is 29.6 Å². The van der Waals surface area contributed by atoms with E-state index >= 15 is 0 Å². The molecule has 2 N–H and O–H groups in total. The standard InChI is InChI=1S/C15H22F3N3O/c1-3-4-5-9-20-15(19-2)21-10-11-12(16)7-6-8-13(11)22-14(17)18/h6-8,14H,3-5,9-10H2,1-2H3,(H2,19,20,21). The molecule has 0 atom stereocenters. The number of aliphatic imine (C=N–C) groups is 1. The van der Waals surface area contributed by atoms with Crippen LogP contribution in [0.15, 0.2) is 23.2 Å². The van der Waals surface area contributed by atoms with Crippen molar-refractivity contribution in [1.82, 2.24) is 10.6 Å². The van der Waals surface area contributed by atoms with Gasteiger partial charge in [0, 0.05) is 25.7 Å². The Balaban J connectivity index is 2.62. The molecule has 0 saturated carbocycles. The molecule has 0 saturated heterocycles. The quantitative estimate of drug-likeness (QED) is 0.439. The van der Waals surface area contributed by atoms with E-state index in [4.69, 9.17) is 0 Å². The van der Waals surface area contributed by atoms with Crippen LogP contribution in [0.2, 0.25) is 0 Å². The number of halogens is 3. The Hall–Kier alpha value is -1.92. The van der Waals surface area contributed by atoms with Crippen LogP contribution in [-0.2, 0) is 6.54 Å². The van der Waals surface area contributed by atoms with Gasteiger partial charge in [0.2, 0.25) is 0 Å². The smallest absolute Gasteiger partial charge is 0.387 e. The van der Waals surface area contributed by atoms with Crippen molar-refractivity contribution in [2.24, 2.45) is 4.99 Å². The maximum Gasteiger partial charge on any atom is 0.387 e. The third-order valence-electron chi connectivity index (χ3n) is 3.02. The van der Waals surface area contributed by atoms with Gasteiger partial charge in [0.1, 0.15) is 11.6 Å². The number of nitrogens with one attached hydrogen (secondary N) is 2. The van der Waals surface area contributed by atoms with Gasteiger partial charge in [-0.3, -0.25) is 4.99 Å². The molecule has 0 aliphatic rings. The Morgan fingerprint density at radius 3 is 2.68 bits per heavy atom. The molecule has 0 heterocycles. The minimum absolute atomic E-state index is 0.00216. The normalized spacial score (nSPS) is 11.6. The third kappa shape index (κ3) is 6.24. The number of benzene rings is 1. The second-order valence-corrected chi connectivity index (χ2v) is 4.65. The number of hydrogen-bond donors (Lipinski definition) is 2. The molecule has 0 aromatic heterocycles. The van der Waals surface area contributed by atoms with Gasteiger partial charge in [-0.25, -0.2) is 4.39 Å². The van der Waals surface area contributed by atoms with Crippen LogP contribution < -0.4 is 15.4 Å². The summed E-state index contributed by atoms with van der Waals surface area (Å²) in [4.78, 5) is 4.00. The largest absolute Gasteiger partial charge is 0.434 e. The molecular formula is C15H22F3N3O. The van der Waals surface area contributed by atoms with Gasteiger partial charge in [-0.15, -0.1) is 0 Å². The second kappa shape index (κ2) is 9.92. The number of hydrogen-bond acceptors (Lipinski definition) is 2. The molecule has 0 bridgehead atoms. The summed E-state index contributed by atoms with van der Waals surface area (Å²) in [5.41, 5.74) is 0.0410. The molecule has 1 rings (SSSR count). The van der Waals surface area contributed by atoms with Crippen LogP contribution in [-0.4, -0.2) is 26.2 Å². The van der Waals surface area contributed by atoms with Gasteiger partial charge < -0.3 is 15.4 Å². The minimum Gasteiger partial charge on any atom is -0.434 e. The lowest BCUT2D eigenvalue weighted by Crippen LogP contribution is -2.37. The van der Waals surface area contributed by atoms with Crippen LogP contribution in [0, 0.1) is 5.82 Å². The Morgan fingerprint density at radius 1 is 1.27 bits per heavy atom. The van der Waals surface area contributed by atoms with Crippen molar-refractivity contribution in [2.75, 3.05) is 13.6 Å². The predicted octanol–water partition coefficient (Wildman–Crippen LogP) is 3.28. The maximum atomic E-state index is 13.8. The van der Waals surface area contributed by atoms with Crippen molar-refractivity contribution in [3.8, 4) is 5.75 Å². The Kier molecular flexibility index (Phi) is 8.17. The van der Waals surface area contributed by atoms with Gasteiger partial charge >= 0.3 is 6.61 Å². The molecule has 7 heteroatoms. The van der Waals surface area contributed by atoms with E-state index in [1.165, 1.54) is 18.2 Å². The summed E-state index contributed by atoms with van der Waals surface area (Å²) in [5, 5.41) is 5.97. The van der Waals surface area contributed by atoms with Gasteiger partial charge in [0.15, 0.2) is 5.96 Å². The van der Waals surface area contributed by atoms with Gasteiger partial charge in [0.25, 0.3) is 0 Å². The highest BCUT2D eigenvalue weighted by atomic mass is 19.3. The monoisotopic (exact) mass is 317 g/mol. The Labute approximate surface area is 128 Å². The Bertz CT molecular complexity index is 481. The first-order valence-corrected chi connectivity index (χ1v) is 7.25. The van der Waals surface area contributed by atoms with Crippen molar-refractivity contribution >= 4 is 5.96 Å². The van der Waals surface area contributed by atoms with E-state index in [9.17, 15) is 13.2 Å². The van der Waals surface area contributed by atoms with Crippen molar-refractivity contribution in [2.45, 2.75) is 39.3 Å². The SMILES string of the molecule is CCCCCNC(=NC)NCc1c(F)cccc1OC(F)F. The molecule has 0 radical (unpaired) electrons. The van der Waals surface area contributed by atoms with Crippen molar-refractivity contribution in [1.29, 1.82) is 0 Å². The van der Waals surface area contributed by atoms with Crippen LogP contribution in [0.1, 0.15) is 31.7 Å². The van der Waals surface area contributed by atoms with Crippen LogP contribution >= 0.6 is 0 Å². The highest BCUT2D eigenvalue weighted by molar-refractivity contribution is 5.79. The summed E-state index contributed by atoms with van der Waals surface area (Å²) >= 11 is 0. The zero-order valence-electron chi connectivity index (χ0n) is 12.8. The molecule has 0 unspecified atom stereocenters. The van der Waals surface area contributed by atoms with E-state index in [0.717, 1.165) is 25.8 Å². The number of guanidine groups is 1. The molecule has 22 heavy (non-hydrogen) atoms. The van der Waals surface area contributed by atoms with Gasteiger partial charge in [-0.1, -0.05) is 25.8 Å². The molecule has 1 aromatic rings. The van der Waals surface area contributed by atoms with E-state index in [1.807, 2.05) is 0 Å².